The lowest BCUT2D eigenvalue weighted by molar-refractivity contribution is -0.167. The Morgan fingerprint density at radius 1 is 0.259 bits per heavy atom. The number of hydrogen-bond acceptors (Lipinski definition) is 6. The van der Waals surface area contributed by atoms with Gasteiger partial charge in [-0.2, -0.15) is 0 Å². The van der Waals surface area contributed by atoms with E-state index in [0.29, 0.717) is 19.3 Å². The van der Waals surface area contributed by atoms with Crippen molar-refractivity contribution in [2.75, 3.05) is 13.2 Å². The van der Waals surface area contributed by atoms with Crippen LogP contribution in [0.5, 0.6) is 0 Å². The average molecular weight is 1120 g/mol. The third-order valence-corrected chi connectivity index (χ3v) is 13.5. The second-order valence-corrected chi connectivity index (χ2v) is 21.3. The maximum Gasteiger partial charge on any atom is 0.306 e. The second kappa shape index (κ2) is 67.5. The molecule has 0 aromatic rings. The smallest absolute Gasteiger partial charge is 0.306 e. The summed E-state index contributed by atoms with van der Waals surface area (Å²) in [5, 5.41) is 0. The molecule has 0 heterocycles. The number of esters is 3. The summed E-state index contributed by atoms with van der Waals surface area (Å²) < 4.78 is 16.9. The standard InChI is InChI=1S/C75H120O6/c1-4-7-10-13-16-19-22-25-28-31-32-33-34-35-36-37-38-39-40-41-42-45-47-50-53-56-59-62-65-68-74(77)80-71-72(81-75(78)69-66-63-60-57-54-51-48-44-30-27-24-21-18-15-12-9-6-3)70-79-73(76)67-64-61-58-55-52-49-46-43-29-26-23-20-17-14-11-8-5-2/h7,9-10,12,16,18-19,21,25,27-28,30,32-33,35-36,38-39,41-42,47-48,50-51,57,60,72H,4-6,8,11,13-15,17,20,22-24,26,29,31,34,37,40,43-46,49,52-56,58-59,61-71H2,1-3H3/b10-7-,12-9-,19-16-,21-18-,28-25-,30-27-,33-32-,36-35-,39-38-,42-41-,50-47-,51-48-,60-57-. The van der Waals surface area contributed by atoms with Gasteiger partial charge in [0.05, 0.1) is 0 Å². The first kappa shape index (κ1) is 76.0. The minimum absolute atomic E-state index is 0.113. The van der Waals surface area contributed by atoms with E-state index in [-0.39, 0.29) is 37.5 Å². The predicted octanol–water partition coefficient (Wildman–Crippen LogP) is 22.9. The summed E-state index contributed by atoms with van der Waals surface area (Å²) >= 11 is 0. The molecule has 0 aliphatic carbocycles. The van der Waals surface area contributed by atoms with Crippen LogP contribution >= 0.6 is 0 Å². The van der Waals surface area contributed by atoms with Crippen LogP contribution < -0.4 is 0 Å². The molecule has 0 aromatic heterocycles. The molecule has 0 aliphatic rings. The summed E-state index contributed by atoms with van der Waals surface area (Å²) in [4.78, 5) is 38.3. The van der Waals surface area contributed by atoms with Gasteiger partial charge in [0.15, 0.2) is 6.10 Å². The van der Waals surface area contributed by atoms with E-state index in [0.717, 1.165) is 141 Å². The van der Waals surface area contributed by atoms with Crippen LogP contribution in [0.2, 0.25) is 0 Å². The van der Waals surface area contributed by atoms with E-state index in [9.17, 15) is 14.4 Å². The lowest BCUT2D eigenvalue weighted by atomic mass is 10.0. The first-order valence-corrected chi connectivity index (χ1v) is 33.0. The van der Waals surface area contributed by atoms with E-state index in [1.54, 1.807) is 0 Å². The number of hydrogen-bond donors (Lipinski definition) is 0. The van der Waals surface area contributed by atoms with E-state index in [1.807, 2.05) is 0 Å². The Morgan fingerprint density at radius 2 is 0.494 bits per heavy atom. The van der Waals surface area contributed by atoms with Crippen LogP contribution in [0.1, 0.15) is 278 Å². The summed E-state index contributed by atoms with van der Waals surface area (Å²) in [5.74, 6) is -0.997. The third kappa shape index (κ3) is 65.7. The van der Waals surface area contributed by atoms with Gasteiger partial charge in [0.1, 0.15) is 13.2 Å². The van der Waals surface area contributed by atoms with Crippen LogP contribution in [0.15, 0.2) is 158 Å². The minimum Gasteiger partial charge on any atom is -0.462 e. The number of carbonyl (C=O) groups is 3. The van der Waals surface area contributed by atoms with Crippen molar-refractivity contribution in [1.82, 2.24) is 0 Å². The van der Waals surface area contributed by atoms with Gasteiger partial charge in [-0.1, -0.05) is 294 Å². The molecular formula is C75H120O6. The fourth-order valence-electron chi connectivity index (χ4n) is 8.67. The molecular weight excluding hydrogens is 997 g/mol. The quantitative estimate of drug-likeness (QED) is 0.0261. The first-order chi connectivity index (χ1) is 40.0. The van der Waals surface area contributed by atoms with Crippen molar-refractivity contribution < 1.29 is 28.6 Å². The highest BCUT2D eigenvalue weighted by atomic mass is 16.6. The lowest BCUT2D eigenvalue weighted by Gasteiger charge is -2.18. The molecule has 0 N–H and O–H groups in total. The van der Waals surface area contributed by atoms with Crippen molar-refractivity contribution in [3.8, 4) is 0 Å². The molecule has 6 heteroatoms. The third-order valence-electron chi connectivity index (χ3n) is 13.5. The molecule has 0 radical (unpaired) electrons. The Morgan fingerprint density at radius 3 is 0.790 bits per heavy atom. The highest BCUT2D eigenvalue weighted by Gasteiger charge is 2.19. The molecule has 81 heavy (non-hydrogen) atoms. The molecule has 1 unspecified atom stereocenters. The van der Waals surface area contributed by atoms with Crippen LogP contribution in [0.25, 0.3) is 0 Å². The fraction of sp³-hybridized carbons (Fsp3) is 0.613. The van der Waals surface area contributed by atoms with Gasteiger partial charge in [0, 0.05) is 19.3 Å². The summed E-state index contributed by atoms with van der Waals surface area (Å²) in [5.41, 5.74) is 0. The summed E-state index contributed by atoms with van der Waals surface area (Å²) in [6.07, 6.45) is 98.3. The molecule has 0 spiro atoms. The van der Waals surface area contributed by atoms with E-state index >= 15 is 0 Å². The van der Waals surface area contributed by atoms with Gasteiger partial charge in [0.25, 0.3) is 0 Å². The van der Waals surface area contributed by atoms with E-state index in [2.05, 4.69) is 179 Å². The van der Waals surface area contributed by atoms with Crippen LogP contribution in [0.4, 0.5) is 0 Å². The Balaban J connectivity index is 4.48. The van der Waals surface area contributed by atoms with Crippen molar-refractivity contribution in [2.45, 2.75) is 284 Å². The molecule has 0 fully saturated rings. The maximum absolute atomic E-state index is 12.9. The molecule has 0 amide bonds. The molecule has 0 aromatic carbocycles. The number of unbranched alkanes of at least 4 members (excludes halogenated alkanes) is 21. The fourth-order valence-corrected chi connectivity index (χ4v) is 8.67. The summed E-state index contributed by atoms with van der Waals surface area (Å²) in [6, 6.07) is 0. The maximum atomic E-state index is 12.9. The van der Waals surface area contributed by atoms with Gasteiger partial charge in [0.2, 0.25) is 0 Å². The number of carbonyl (C=O) groups excluding carboxylic acids is 3. The molecule has 0 saturated heterocycles. The van der Waals surface area contributed by atoms with Crippen LogP contribution in [-0.2, 0) is 28.6 Å². The second-order valence-electron chi connectivity index (χ2n) is 21.3. The Kier molecular flexibility index (Phi) is 63.4. The zero-order valence-electron chi connectivity index (χ0n) is 52.2. The molecule has 456 valence electrons. The van der Waals surface area contributed by atoms with Crippen molar-refractivity contribution >= 4 is 17.9 Å². The zero-order valence-corrected chi connectivity index (χ0v) is 52.2. The largest absolute Gasteiger partial charge is 0.462 e. The van der Waals surface area contributed by atoms with Gasteiger partial charge in [-0.3, -0.25) is 14.4 Å². The summed E-state index contributed by atoms with van der Waals surface area (Å²) in [7, 11) is 0. The molecule has 0 saturated carbocycles. The monoisotopic (exact) mass is 1120 g/mol. The van der Waals surface area contributed by atoms with Gasteiger partial charge in [-0.25, -0.2) is 0 Å². The lowest BCUT2D eigenvalue weighted by Crippen LogP contribution is -2.30. The number of rotatable bonds is 58. The number of allylic oxidation sites excluding steroid dienone is 26. The molecule has 0 bridgehead atoms. The van der Waals surface area contributed by atoms with Gasteiger partial charge in [-0.05, 0) is 122 Å². The minimum atomic E-state index is -0.826. The SMILES string of the molecule is CC/C=C\C/C=C\C/C=C\C/C=C\C/C=C\C/C=C\C/C=C\C/C=C\CCCCCCC(=O)OCC(COC(=O)CCCCCCCCCCCCCCCCCCC)OC(=O)CCC/C=C\C/C=C\C/C=C\C/C=C\C/C=C\CC. The van der Waals surface area contributed by atoms with Crippen molar-refractivity contribution in [3.63, 3.8) is 0 Å². The van der Waals surface area contributed by atoms with Crippen molar-refractivity contribution in [3.05, 3.63) is 158 Å². The van der Waals surface area contributed by atoms with Gasteiger partial charge < -0.3 is 14.2 Å². The zero-order chi connectivity index (χ0) is 58.5. The molecule has 1 atom stereocenters. The average Bonchev–Trinajstić information content (AvgIpc) is 3.47. The van der Waals surface area contributed by atoms with Crippen LogP contribution in [0.3, 0.4) is 0 Å². The molecule has 6 nitrogen and oxygen atoms in total. The van der Waals surface area contributed by atoms with Crippen molar-refractivity contribution in [2.24, 2.45) is 0 Å². The Bertz CT molecular complexity index is 1810. The van der Waals surface area contributed by atoms with Crippen LogP contribution in [-0.4, -0.2) is 37.2 Å². The summed E-state index contributed by atoms with van der Waals surface area (Å²) in [6.45, 7) is 6.36. The van der Waals surface area contributed by atoms with E-state index in [4.69, 9.17) is 14.2 Å². The Labute approximate surface area is 499 Å². The van der Waals surface area contributed by atoms with Crippen molar-refractivity contribution in [1.29, 1.82) is 0 Å². The first-order valence-electron chi connectivity index (χ1n) is 33.0. The highest BCUT2D eigenvalue weighted by molar-refractivity contribution is 5.71. The van der Waals surface area contributed by atoms with Gasteiger partial charge >= 0.3 is 17.9 Å². The van der Waals surface area contributed by atoms with E-state index in [1.165, 1.54) is 89.9 Å². The highest BCUT2D eigenvalue weighted by Crippen LogP contribution is 2.16. The van der Waals surface area contributed by atoms with E-state index < -0.39 is 6.10 Å². The van der Waals surface area contributed by atoms with Crippen LogP contribution in [0, 0.1) is 0 Å². The predicted molar refractivity (Wildman–Crippen MR) is 352 cm³/mol. The molecule has 0 rings (SSSR count). The Hall–Kier alpha value is -4.97. The topological polar surface area (TPSA) is 78.9 Å². The normalized spacial score (nSPS) is 13.2. The molecule has 0 aliphatic heterocycles. The number of ether oxygens (including phenoxy) is 3. The van der Waals surface area contributed by atoms with Gasteiger partial charge in [-0.15, -0.1) is 0 Å².